The van der Waals surface area contributed by atoms with Gasteiger partial charge in [0.15, 0.2) is 0 Å². The van der Waals surface area contributed by atoms with Crippen LogP contribution in [0.15, 0.2) is 0 Å². The maximum Gasteiger partial charge on any atom is 0.213 e. The summed E-state index contributed by atoms with van der Waals surface area (Å²) in [6, 6.07) is -0.245. The second-order valence-corrected chi connectivity index (χ2v) is 9.09. The van der Waals surface area contributed by atoms with Gasteiger partial charge in [-0.15, -0.1) is 12.4 Å². The zero-order chi connectivity index (χ0) is 15.2. The van der Waals surface area contributed by atoms with Gasteiger partial charge in [0.2, 0.25) is 20.0 Å². The summed E-state index contributed by atoms with van der Waals surface area (Å²) in [6.07, 6.45) is 4.21. The van der Waals surface area contributed by atoms with Crippen molar-refractivity contribution in [2.75, 3.05) is 24.6 Å². The average Bonchev–Trinajstić information content (AvgIpc) is 2.89. The first-order valence-corrected chi connectivity index (χ1v) is 10.3. The topological polar surface area (TPSA) is 118 Å². The lowest BCUT2D eigenvalue weighted by atomic mass is 9.99. The van der Waals surface area contributed by atoms with E-state index in [9.17, 15) is 16.8 Å². The van der Waals surface area contributed by atoms with Crippen LogP contribution in [0.25, 0.3) is 0 Å². The summed E-state index contributed by atoms with van der Waals surface area (Å²) in [7, 11) is -6.88. The summed E-state index contributed by atoms with van der Waals surface area (Å²) in [6.45, 7) is 1.65. The molecular weight excluding hydrogens is 338 g/mol. The van der Waals surface area contributed by atoms with E-state index in [0.29, 0.717) is 5.92 Å². The zero-order valence-electron chi connectivity index (χ0n) is 12.2. The highest BCUT2D eigenvalue weighted by Crippen LogP contribution is 2.27. The molecule has 1 rings (SSSR count). The van der Waals surface area contributed by atoms with Crippen molar-refractivity contribution < 1.29 is 16.8 Å². The van der Waals surface area contributed by atoms with Crippen LogP contribution in [-0.4, -0.2) is 47.5 Å². The molecule has 4 N–H and O–H groups in total. The summed E-state index contributed by atoms with van der Waals surface area (Å²) < 4.78 is 51.2. The van der Waals surface area contributed by atoms with Crippen LogP contribution in [0.1, 0.15) is 32.6 Å². The molecule has 0 aromatic carbocycles. The first-order chi connectivity index (χ1) is 9.29. The van der Waals surface area contributed by atoms with Crippen LogP contribution in [0, 0.1) is 5.92 Å². The smallest absolute Gasteiger partial charge is 0.213 e. The molecule has 0 radical (unpaired) electrons. The predicted octanol–water partition coefficient (Wildman–Crippen LogP) is -0.216. The predicted molar refractivity (Wildman–Crippen MR) is 86.4 cm³/mol. The van der Waals surface area contributed by atoms with Gasteiger partial charge >= 0.3 is 0 Å². The Bertz CT molecular complexity index is 490. The van der Waals surface area contributed by atoms with Crippen LogP contribution in [0.5, 0.6) is 0 Å². The molecule has 0 amide bonds. The standard InChI is InChI=1S/C11H25N3O4S2.ClH/c1-2-19(15,16)13-7-8-20(17,18)14-11(9-12)10-5-3-4-6-10;/h10-11,13-14H,2-9,12H2,1H3;1H. The SMILES string of the molecule is CCS(=O)(=O)NCCS(=O)(=O)NC(CN)C1CCCC1.Cl. The van der Waals surface area contributed by atoms with Crippen molar-refractivity contribution in [3.05, 3.63) is 0 Å². The van der Waals surface area contributed by atoms with E-state index < -0.39 is 20.0 Å². The molecule has 0 aliphatic heterocycles. The molecule has 7 nitrogen and oxygen atoms in total. The first-order valence-electron chi connectivity index (χ1n) is 6.97. The van der Waals surface area contributed by atoms with E-state index in [1.54, 1.807) is 0 Å². The maximum absolute atomic E-state index is 11.9. The summed E-state index contributed by atoms with van der Waals surface area (Å²) in [4.78, 5) is 0. The van der Waals surface area contributed by atoms with Crippen LogP contribution in [0.3, 0.4) is 0 Å². The summed E-state index contributed by atoms with van der Waals surface area (Å²) in [5, 5.41) is 0. The minimum absolute atomic E-state index is 0. The van der Waals surface area contributed by atoms with E-state index in [0.717, 1.165) is 25.7 Å². The van der Waals surface area contributed by atoms with Crippen molar-refractivity contribution >= 4 is 32.5 Å². The van der Waals surface area contributed by atoms with Crippen molar-refractivity contribution in [2.45, 2.75) is 38.6 Å². The Hall–Kier alpha value is 0.0700. The fourth-order valence-electron chi connectivity index (χ4n) is 2.42. The fourth-order valence-corrected chi connectivity index (χ4v) is 4.40. The van der Waals surface area contributed by atoms with Crippen LogP contribution >= 0.6 is 12.4 Å². The van der Waals surface area contributed by atoms with E-state index in [1.165, 1.54) is 6.92 Å². The summed E-state index contributed by atoms with van der Waals surface area (Å²) in [5.74, 6) is -0.0363. The maximum atomic E-state index is 11.9. The molecule has 1 saturated carbocycles. The van der Waals surface area contributed by atoms with Gasteiger partial charge < -0.3 is 5.73 Å². The number of halogens is 1. The average molecular weight is 364 g/mol. The van der Waals surface area contributed by atoms with Gasteiger partial charge in [-0.05, 0) is 25.7 Å². The second-order valence-electron chi connectivity index (χ2n) is 5.12. The first kappa shape index (κ1) is 21.1. The van der Waals surface area contributed by atoms with Crippen molar-refractivity contribution in [3.63, 3.8) is 0 Å². The Balaban J connectivity index is 0.00000400. The monoisotopic (exact) mass is 363 g/mol. The largest absolute Gasteiger partial charge is 0.329 e. The molecule has 0 saturated heterocycles. The van der Waals surface area contributed by atoms with Crippen LogP contribution in [0.4, 0.5) is 0 Å². The van der Waals surface area contributed by atoms with Gasteiger partial charge in [0, 0.05) is 19.1 Å². The minimum Gasteiger partial charge on any atom is -0.329 e. The lowest BCUT2D eigenvalue weighted by molar-refractivity contribution is 0.405. The number of hydrogen-bond acceptors (Lipinski definition) is 5. The highest BCUT2D eigenvalue weighted by molar-refractivity contribution is 7.90. The van der Waals surface area contributed by atoms with Crippen molar-refractivity contribution in [1.29, 1.82) is 0 Å². The molecule has 1 atom stereocenters. The highest BCUT2D eigenvalue weighted by atomic mass is 35.5. The minimum atomic E-state index is -3.52. The van der Waals surface area contributed by atoms with Crippen molar-refractivity contribution in [1.82, 2.24) is 9.44 Å². The van der Waals surface area contributed by atoms with Gasteiger partial charge in [-0.3, -0.25) is 0 Å². The molecule has 0 spiro atoms. The number of nitrogens with one attached hydrogen (secondary N) is 2. The molecule has 128 valence electrons. The molecule has 1 aliphatic carbocycles. The Morgan fingerprint density at radius 1 is 1.14 bits per heavy atom. The Morgan fingerprint density at radius 2 is 1.71 bits per heavy atom. The number of sulfonamides is 2. The molecular formula is C11H26ClN3O4S2. The van der Waals surface area contributed by atoms with Crippen LogP contribution in [0.2, 0.25) is 0 Å². The quantitative estimate of drug-likeness (QED) is 0.523. The third-order valence-electron chi connectivity index (χ3n) is 3.63. The third-order valence-corrected chi connectivity index (χ3v) is 6.43. The van der Waals surface area contributed by atoms with E-state index in [-0.39, 0.29) is 43.0 Å². The molecule has 1 fully saturated rings. The summed E-state index contributed by atoms with van der Waals surface area (Å²) >= 11 is 0. The van der Waals surface area contributed by atoms with Crippen molar-refractivity contribution in [2.24, 2.45) is 11.7 Å². The molecule has 0 heterocycles. The molecule has 21 heavy (non-hydrogen) atoms. The highest BCUT2D eigenvalue weighted by Gasteiger charge is 2.27. The number of rotatable bonds is 9. The molecule has 0 bridgehead atoms. The van der Waals surface area contributed by atoms with E-state index in [4.69, 9.17) is 5.73 Å². The van der Waals surface area contributed by atoms with Gasteiger partial charge in [0.05, 0.1) is 11.5 Å². The van der Waals surface area contributed by atoms with Crippen molar-refractivity contribution in [3.8, 4) is 0 Å². The summed E-state index contributed by atoms with van der Waals surface area (Å²) in [5.41, 5.74) is 5.64. The Labute approximate surface area is 133 Å². The Kier molecular flexibility index (Phi) is 9.29. The van der Waals surface area contributed by atoms with E-state index >= 15 is 0 Å². The molecule has 0 aromatic rings. The Morgan fingerprint density at radius 3 is 2.19 bits per heavy atom. The lowest BCUT2D eigenvalue weighted by Crippen LogP contribution is -2.46. The van der Waals surface area contributed by atoms with E-state index in [2.05, 4.69) is 9.44 Å². The fraction of sp³-hybridized carbons (Fsp3) is 1.00. The third kappa shape index (κ3) is 7.75. The van der Waals surface area contributed by atoms with Gasteiger partial charge in [-0.25, -0.2) is 26.3 Å². The second kappa shape index (κ2) is 9.26. The number of hydrogen-bond donors (Lipinski definition) is 3. The van der Waals surface area contributed by atoms with Crippen LogP contribution in [-0.2, 0) is 20.0 Å². The van der Waals surface area contributed by atoms with Gasteiger partial charge in [-0.1, -0.05) is 12.8 Å². The van der Waals surface area contributed by atoms with Gasteiger partial charge in [0.1, 0.15) is 0 Å². The molecule has 1 aliphatic rings. The zero-order valence-corrected chi connectivity index (χ0v) is 14.7. The van der Waals surface area contributed by atoms with Crippen LogP contribution < -0.4 is 15.2 Å². The van der Waals surface area contributed by atoms with Gasteiger partial charge in [0.25, 0.3) is 0 Å². The molecule has 1 unspecified atom stereocenters. The number of nitrogens with two attached hydrogens (primary N) is 1. The molecule has 0 aromatic heterocycles. The van der Waals surface area contributed by atoms with Gasteiger partial charge in [-0.2, -0.15) is 0 Å². The normalized spacial score (nSPS) is 18.4. The lowest BCUT2D eigenvalue weighted by Gasteiger charge is -2.23. The molecule has 10 heteroatoms. The van der Waals surface area contributed by atoms with E-state index in [1.807, 2.05) is 0 Å².